The van der Waals surface area contributed by atoms with Crippen LogP contribution in [0.5, 0.6) is 0 Å². The Balaban J connectivity index is 1.87. The summed E-state index contributed by atoms with van der Waals surface area (Å²) >= 11 is 0. The van der Waals surface area contributed by atoms with Gasteiger partial charge < -0.3 is 4.74 Å². The zero-order chi connectivity index (χ0) is 12.5. The van der Waals surface area contributed by atoms with Gasteiger partial charge in [-0.25, -0.2) is 9.69 Å². The molecule has 2 aliphatic rings. The van der Waals surface area contributed by atoms with Gasteiger partial charge in [-0.15, -0.1) is 0 Å². The molecular weight excluding hydrogens is 230 g/mol. The Hall–Kier alpha value is -1.84. The number of hydrogen-bond acceptors (Lipinski definition) is 3. The van der Waals surface area contributed by atoms with Gasteiger partial charge in [0, 0.05) is 5.56 Å². The summed E-state index contributed by atoms with van der Waals surface area (Å²) in [6.07, 6.45) is 3.27. The second kappa shape index (κ2) is 4.44. The number of hydrogen-bond donors (Lipinski definition) is 0. The van der Waals surface area contributed by atoms with Crippen molar-refractivity contribution < 1.29 is 14.3 Å². The molecule has 1 aromatic carbocycles. The van der Waals surface area contributed by atoms with E-state index >= 15 is 0 Å². The molecule has 0 unspecified atom stereocenters. The Labute approximate surface area is 106 Å². The smallest absolute Gasteiger partial charge is 0.417 e. The lowest BCUT2D eigenvalue weighted by atomic mass is 9.92. The average Bonchev–Trinajstić information content (AvgIpc) is 2.75. The highest BCUT2D eigenvalue weighted by atomic mass is 16.6. The lowest BCUT2D eigenvalue weighted by molar-refractivity contribution is 0.0756. The molecule has 1 heterocycles. The third-order valence-corrected chi connectivity index (χ3v) is 3.69. The number of rotatable bonds is 1. The normalized spacial score (nSPS) is 26.7. The minimum Gasteiger partial charge on any atom is -0.444 e. The van der Waals surface area contributed by atoms with Crippen molar-refractivity contribution in [1.29, 1.82) is 0 Å². The number of imide groups is 1. The average molecular weight is 245 g/mol. The van der Waals surface area contributed by atoms with Crippen LogP contribution >= 0.6 is 0 Å². The number of carbonyl (C=O) groups excluding carboxylic acids is 2. The van der Waals surface area contributed by atoms with E-state index in [1.807, 2.05) is 6.07 Å². The first-order valence-corrected chi connectivity index (χ1v) is 6.36. The van der Waals surface area contributed by atoms with Crippen LogP contribution in [0.3, 0.4) is 0 Å². The molecule has 0 radical (unpaired) electrons. The summed E-state index contributed by atoms with van der Waals surface area (Å²) in [5.74, 6) is -0.241. The third-order valence-electron chi connectivity index (χ3n) is 3.69. The lowest BCUT2D eigenvalue weighted by Gasteiger charge is -2.26. The summed E-state index contributed by atoms with van der Waals surface area (Å²) in [7, 11) is 0. The number of amides is 2. The summed E-state index contributed by atoms with van der Waals surface area (Å²) in [6, 6.07) is 8.83. The Kier molecular flexibility index (Phi) is 2.78. The van der Waals surface area contributed by atoms with Gasteiger partial charge >= 0.3 is 6.09 Å². The monoisotopic (exact) mass is 245 g/mol. The number of fused-ring (bicyclic) bond motifs is 1. The molecular formula is C14H15NO3. The van der Waals surface area contributed by atoms with Gasteiger partial charge in [-0.1, -0.05) is 24.6 Å². The SMILES string of the molecule is O=C1O[C@H]2CCCC[C@H]2N1C(=O)c1ccccc1. The Morgan fingerprint density at radius 3 is 2.67 bits per heavy atom. The molecule has 1 saturated carbocycles. The fraction of sp³-hybridized carbons (Fsp3) is 0.429. The molecule has 3 rings (SSSR count). The Bertz CT molecular complexity index is 471. The highest BCUT2D eigenvalue weighted by Crippen LogP contribution is 2.32. The van der Waals surface area contributed by atoms with Crippen molar-refractivity contribution in [3.63, 3.8) is 0 Å². The molecule has 18 heavy (non-hydrogen) atoms. The summed E-state index contributed by atoms with van der Waals surface area (Å²) in [5.41, 5.74) is 0.542. The van der Waals surface area contributed by atoms with E-state index in [1.54, 1.807) is 24.3 Å². The van der Waals surface area contributed by atoms with Crippen molar-refractivity contribution in [1.82, 2.24) is 4.90 Å². The number of nitrogens with zero attached hydrogens (tertiary/aromatic N) is 1. The van der Waals surface area contributed by atoms with Crippen LogP contribution in [0.4, 0.5) is 4.79 Å². The number of ether oxygens (including phenoxy) is 1. The van der Waals surface area contributed by atoms with Crippen molar-refractivity contribution in [2.45, 2.75) is 37.8 Å². The van der Waals surface area contributed by atoms with E-state index in [0.29, 0.717) is 5.56 Å². The maximum Gasteiger partial charge on any atom is 0.417 e. The highest BCUT2D eigenvalue weighted by molar-refractivity contribution is 6.04. The predicted octanol–water partition coefficient (Wildman–Crippen LogP) is 2.59. The van der Waals surface area contributed by atoms with E-state index in [0.717, 1.165) is 25.7 Å². The summed E-state index contributed by atoms with van der Waals surface area (Å²) in [5, 5.41) is 0. The fourth-order valence-corrected chi connectivity index (χ4v) is 2.79. The van der Waals surface area contributed by atoms with Crippen molar-refractivity contribution in [2.24, 2.45) is 0 Å². The van der Waals surface area contributed by atoms with Crippen LogP contribution in [-0.2, 0) is 4.74 Å². The first kappa shape index (κ1) is 11.3. The molecule has 0 spiro atoms. The van der Waals surface area contributed by atoms with E-state index in [4.69, 9.17) is 4.74 Å². The maximum absolute atomic E-state index is 12.3. The van der Waals surface area contributed by atoms with Gasteiger partial charge in [0.15, 0.2) is 0 Å². The van der Waals surface area contributed by atoms with Crippen LogP contribution in [0.2, 0.25) is 0 Å². The van der Waals surface area contributed by atoms with E-state index in [2.05, 4.69) is 0 Å². The zero-order valence-electron chi connectivity index (χ0n) is 10.0. The second-order valence-electron chi connectivity index (χ2n) is 4.82. The van der Waals surface area contributed by atoms with Gasteiger partial charge in [-0.2, -0.15) is 0 Å². The van der Waals surface area contributed by atoms with Crippen LogP contribution in [-0.4, -0.2) is 29.0 Å². The third kappa shape index (κ3) is 1.78. The van der Waals surface area contributed by atoms with Gasteiger partial charge in [-0.05, 0) is 31.4 Å². The van der Waals surface area contributed by atoms with E-state index in [-0.39, 0.29) is 18.1 Å². The molecule has 0 aromatic heterocycles. The molecule has 1 aliphatic heterocycles. The van der Waals surface area contributed by atoms with Crippen LogP contribution in [0, 0.1) is 0 Å². The van der Waals surface area contributed by atoms with Crippen molar-refractivity contribution in [3.8, 4) is 0 Å². The van der Waals surface area contributed by atoms with Gasteiger partial charge in [-0.3, -0.25) is 4.79 Å². The zero-order valence-corrected chi connectivity index (χ0v) is 10.0. The molecule has 2 amide bonds. The lowest BCUT2D eigenvalue weighted by Crippen LogP contribution is -2.42. The molecule has 94 valence electrons. The summed E-state index contributed by atoms with van der Waals surface area (Å²) in [4.78, 5) is 25.5. The van der Waals surface area contributed by atoms with E-state index in [9.17, 15) is 9.59 Å². The van der Waals surface area contributed by atoms with Gasteiger partial charge in [0.2, 0.25) is 0 Å². The molecule has 1 aromatic rings. The second-order valence-corrected chi connectivity index (χ2v) is 4.82. The summed E-state index contributed by atoms with van der Waals surface area (Å²) < 4.78 is 5.29. The fourth-order valence-electron chi connectivity index (χ4n) is 2.79. The van der Waals surface area contributed by atoms with Gasteiger partial charge in [0.25, 0.3) is 5.91 Å². The molecule has 1 aliphatic carbocycles. The molecule has 4 nitrogen and oxygen atoms in total. The van der Waals surface area contributed by atoms with Crippen LogP contribution in [0.25, 0.3) is 0 Å². The first-order chi connectivity index (χ1) is 8.77. The van der Waals surface area contributed by atoms with Crippen LogP contribution in [0.1, 0.15) is 36.0 Å². The van der Waals surface area contributed by atoms with Gasteiger partial charge in [0.1, 0.15) is 6.10 Å². The largest absolute Gasteiger partial charge is 0.444 e. The number of carbonyl (C=O) groups is 2. The Morgan fingerprint density at radius 2 is 1.89 bits per heavy atom. The van der Waals surface area contributed by atoms with Crippen molar-refractivity contribution >= 4 is 12.0 Å². The predicted molar refractivity (Wildman–Crippen MR) is 65.1 cm³/mol. The standard InChI is InChI=1S/C14H15NO3/c16-13(10-6-2-1-3-7-10)15-11-8-4-5-9-12(11)18-14(15)17/h1-3,6-7,11-12H,4-5,8-9H2/t11-,12+/m1/s1. The molecule has 2 fully saturated rings. The molecule has 0 N–H and O–H groups in total. The molecule has 1 saturated heterocycles. The van der Waals surface area contributed by atoms with Gasteiger partial charge in [0.05, 0.1) is 6.04 Å². The number of benzene rings is 1. The molecule has 4 heteroatoms. The topological polar surface area (TPSA) is 46.6 Å². The quantitative estimate of drug-likeness (QED) is 0.764. The first-order valence-electron chi connectivity index (χ1n) is 6.36. The summed E-state index contributed by atoms with van der Waals surface area (Å²) in [6.45, 7) is 0. The minimum atomic E-state index is -0.485. The maximum atomic E-state index is 12.3. The van der Waals surface area contributed by atoms with Crippen molar-refractivity contribution in [2.75, 3.05) is 0 Å². The molecule has 0 bridgehead atoms. The highest BCUT2D eigenvalue weighted by Gasteiger charge is 2.46. The van der Waals surface area contributed by atoms with Crippen LogP contribution in [0.15, 0.2) is 30.3 Å². The minimum absolute atomic E-state index is 0.0704. The van der Waals surface area contributed by atoms with Crippen molar-refractivity contribution in [3.05, 3.63) is 35.9 Å². The molecule has 2 atom stereocenters. The Morgan fingerprint density at radius 1 is 1.17 bits per heavy atom. The van der Waals surface area contributed by atoms with E-state index < -0.39 is 6.09 Å². The van der Waals surface area contributed by atoms with E-state index in [1.165, 1.54) is 4.90 Å². The van der Waals surface area contributed by atoms with Crippen LogP contribution < -0.4 is 0 Å².